The maximum Gasteiger partial charge on any atom is 0.228 e. The van der Waals surface area contributed by atoms with Crippen molar-refractivity contribution in [1.82, 2.24) is 4.90 Å². The molecule has 3 aromatic carbocycles. The number of carbonyl (C=O) groups excluding carboxylic acids is 2. The zero-order valence-electron chi connectivity index (χ0n) is 26.8. The van der Waals surface area contributed by atoms with Crippen molar-refractivity contribution in [2.45, 2.75) is 38.5 Å². The number of hydrogen-bond acceptors (Lipinski definition) is 8. The fourth-order valence-electron chi connectivity index (χ4n) is 6.76. The van der Waals surface area contributed by atoms with Crippen LogP contribution in [0.1, 0.15) is 43.2 Å². The number of piperazine rings is 1. The van der Waals surface area contributed by atoms with Crippen LogP contribution < -0.4 is 16.0 Å². The molecule has 2 heterocycles. The van der Waals surface area contributed by atoms with E-state index in [0.717, 1.165) is 74.1 Å². The third-order valence-corrected chi connectivity index (χ3v) is 9.82. The van der Waals surface area contributed by atoms with Gasteiger partial charge in [-0.3, -0.25) is 9.59 Å². The van der Waals surface area contributed by atoms with E-state index in [-0.39, 0.29) is 24.0 Å². The number of nitrogens with one attached hydrogen (secondary N) is 1. The first-order valence-corrected chi connectivity index (χ1v) is 16.6. The number of benzene rings is 3. The second-order valence-electron chi connectivity index (χ2n) is 13.0. The number of amides is 1. The molecule has 3 aliphatic rings. The van der Waals surface area contributed by atoms with E-state index >= 15 is 0 Å². The smallest absolute Gasteiger partial charge is 0.228 e. The zero-order chi connectivity index (χ0) is 31.9. The van der Waals surface area contributed by atoms with E-state index in [9.17, 15) is 9.59 Å². The van der Waals surface area contributed by atoms with Crippen LogP contribution in [0.3, 0.4) is 0 Å². The molecule has 240 valence electrons. The van der Waals surface area contributed by atoms with Crippen molar-refractivity contribution < 1.29 is 9.59 Å². The number of carbonyl (C=O) groups is 2. The maximum absolute atomic E-state index is 13.7. The Kier molecular flexibility index (Phi) is 10.3. The van der Waals surface area contributed by atoms with Crippen molar-refractivity contribution in [2.75, 3.05) is 56.7 Å². The average molecular weight is 620 g/mol. The summed E-state index contributed by atoms with van der Waals surface area (Å²) in [6, 6.07) is 24.7. The van der Waals surface area contributed by atoms with Crippen LogP contribution in [0.4, 0.5) is 11.4 Å². The summed E-state index contributed by atoms with van der Waals surface area (Å²) in [4.78, 5) is 36.2. The monoisotopic (exact) mass is 619 g/mol. The summed E-state index contributed by atoms with van der Waals surface area (Å²) >= 11 is 0. The van der Waals surface area contributed by atoms with E-state index in [4.69, 9.17) is 5.73 Å². The molecule has 3 aromatic rings. The van der Waals surface area contributed by atoms with Crippen LogP contribution in [0.5, 0.6) is 0 Å². The average Bonchev–Trinajstić information content (AvgIpc) is 3.64. The number of aliphatic imine (C=N–C) groups is 1. The number of ketones is 1. The summed E-state index contributed by atoms with van der Waals surface area (Å²) in [6.07, 6.45) is 4.42. The number of nitrogens with zero attached hydrogens (tertiary/aromatic N) is 5. The molecule has 0 aromatic heterocycles. The topological polar surface area (TPSA) is 116 Å². The third-order valence-electron chi connectivity index (χ3n) is 9.82. The molecule has 2 aliphatic heterocycles. The highest BCUT2D eigenvalue weighted by Crippen LogP contribution is 2.31. The van der Waals surface area contributed by atoms with Gasteiger partial charge in [-0.15, -0.1) is 5.11 Å². The summed E-state index contributed by atoms with van der Waals surface area (Å²) in [5, 5.41) is 11.0. The van der Waals surface area contributed by atoms with Crippen molar-refractivity contribution in [2.24, 2.45) is 38.7 Å². The first kappa shape index (κ1) is 31.8. The van der Waals surface area contributed by atoms with Gasteiger partial charge in [0.05, 0.1) is 0 Å². The van der Waals surface area contributed by atoms with Gasteiger partial charge in [0, 0.05) is 61.4 Å². The fourth-order valence-corrected chi connectivity index (χ4v) is 6.76. The molecule has 0 unspecified atom stereocenters. The van der Waals surface area contributed by atoms with Crippen LogP contribution in [0, 0.1) is 17.8 Å². The lowest BCUT2D eigenvalue weighted by molar-refractivity contribution is -0.129. The molecule has 9 nitrogen and oxygen atoms in total. The lowest BCUT2D eigenvalue weighted by atomic mass is 9.77. The molecule has 1 amide bonds. The van der Waals surface area contributed by atoms with E-state index in [1.807, 2.05) is 24.3 Å². The molecule has 3 N–H and O–H groups in total. The zero-order valence-corrected chi connectivity index (χ0v) is 26.8. The lowest BCUT2D eigenvalue weighted by Gasteiger charge is -2.34. The molecule has 9 heteroatoms. The molecular weight excluding hydrogens is 574 g/mol. The van der Waals surface area contributed by atoms with Crippen molar-refractivity contribution in [3.63, 3.8) is 0 Å². The van der Waals surface area contributed by atoms with Crippen LogP contribution in [-0.2, 0) is 16.0 Å². The minimum atomic E-state index is -0.471. The SMILES string of the molecule is CN1CCN(c2ccc(-c3ccc(C[C@H](CC(=O)C4CCC(CN)CC4)C(=O)Nc4ccc(C5=NCN=N5)cc4)cc3)cc2)CC1. The quantitative estimate of drug-likeness (QED) is 0.282. The van der Waals surface area contributed by atoms with Gasteiger partial charge in [-0.25, -0.2) is 4.99 Å². The number of likely N-dealkylation sites (N-methyl/N-ethyl adjacent to an activating group) is 1. The Bertz CT molecular complexity index is 1530. The number of hydrogen-bond donors (Lipinski definition) is 2. The van der Waals surface area contributed by atoms with E-state index in [1.54, 1.807) is 0 Å². The number of rotatable bonds is 11. The van der Waals surface area contributed by atoms with Gasteiger partial charge < -0.3 is 20.9 Å². The van der Waals surface area contributed by atoms with Gasteiger partial charge in [0.25, 0.3) is 0 Å². The molecule has 1 aliphatic carbocycles. The molecule has 2 fully saturated rings. The Morgan fingerprint density at radius 1 is 0.848 bits per heavy atom. The van der Waals surface area contributed by atoms with E-state index in [0.29, 0.717) is 37.1 Å². The van der Waals surface area contributed by atoms with Crippen LogP contribution >= 0.6 is 0 Å². The van der Waals surface area contributed by atoms with E-state index in [2.05, 4.69) is 85.9 Å². The maximum atomic E-state index is 13.7. The fraction of sp³-hybridized carbons (Fsp3) is 0.432. The second kappa shape index (κ2) is 14.9. The Morgan fingerprint density at radius 2 is 1.48 bits per heavy atom. The summed E-state index contributed by atoms with van der Waals surface area (Å²) in [5.74, 6) is 0.686. The van der Waals surface area contributed by atoms with Gasteiger partial charge in [-0.05, 0) is 105 Å². The highest BCUT2D eigenvalue weighted by molar-refractivity contribution is 6.01. The number of azo groups is 1. The van der Waals surface area contributed by atoms with Gasteiger partial charge in [0.15, 0.2) is 12.5 Å². The predicted molar refractivity (Wildman–Crippen MR) is 184 cm³/mol. The standard InChI is InChI=1S/C37H45N7O2/c1-43-18-20-44(21-19-43)34-16-12-29(13-17-34)28-6-2-26(3-7-28)22-32(23-35(45)30-8-4-27(24-38)5-9-30)37(46)41-33-14-10-31(11-15-33)36-39-25-40-42-36/h2-3,6-7,10-17,27,30,32H,4-5,8-9,18-25,38H2,1H3,(H,41,46)/t27?,30?,32-/m1/s1. The van der Waals surface area contributed by atoms with Gasteiger partial charge >= 0.3 is 0 Å². The minimum Gasteiger partial charge on any atom is -0.369 e. The van der Waals surface area contributed by atoms with Gasteiger partial charge in [-0.1, -0.05) is 36.4 Å². The molecule has 1 atom stereocenters. The highest BCUT2D eigenvalue weighted by atomic mass is 16.2. The Balaban J connectivity index is 1.13. The van der Waals surface area contributed by atoms with Gasteiger partial charge in [0.1, 0.15) is 5.78 Å². The Hall–Kier alpha value is -4.21. The molecule has 46 heavy (non-hydrogen) atoms. The number of Topliss-reactive ketones (excluding diaryl/α,β-unsaturated/α-hetero) is 1. The molecule has 1 saturated heterocycles. The third kappa shape index (κ3) is 7.95. The summed E-state index contributed by atoms with van der Waals surface area (Å²) in [6.45, 7) is 5.28. The van der Waals surface area contributed by atoms with Crippen molar-refractivity contribution in [3.05, 3.63) is 83.9 Å². The largest absolute Gasteiger partial charge is 0.369 e. The highest BCUT2D eigenvalue weighted by Gasteiger charge is 2.30. The van der Waals surface area contributed by atoms with Gasteiger partial charge in [-0.2, -0.15) is 5.11 Å². The number of amidine groups is 1. The van der Waals surface area contributed by atoms with Crippen molar-refractivity contribution in [1.29, 1.82) is 0 Å². The summed E-state index contributed by atoms with van der Waals surface area (Å²) in [5.41, 5.74) is 12.0. The normalized spacial score (nSPS) is 20.7. The molecule has 6 rings (SSSR count). The van der Waals surface area contributed by atoms with Crippen LogP contribution in [0.15, 0.2) is 88.0 Å². The first-order valence-electron chi connectivity index (χ1n) is 16.6. The first-order chi connectivity index (χ1) is 22.4. The molecule has 0 spiro atoms. The number of anilines is 2. The molecule has 1 saturated carbocycles. The Morgan fingerprint density at radius 3 is 2.09 bits per heavy atom. The number of nitrogens with two attached hydrogens (primary N) is 1. The van der Waals surface area contributed by atoms with E-state index in [1.165, 1.54) is 5.69 Å². The minimum absolute atomic E-state index is 0.00919. The molecule has 0 radical (unpaired) electrons. The van der Waals surface area contributed by atoms with Crippen LogP contribution in [0.25, 0.3) is 11.1 Å². The summed E-state index contributed by atoms with van der Waals surface area (Å²) < 4.78 is 0. The van der Waals surface area contributed by atoms with Crippen LogP contribution in [0.2, 0.25) is 0 Å². The predicted octanol–water partition coefficient (Wildman–Crippen LogP) is 5.80. The summed E-state index contributed by atoms with van der Waals surface area (Å²) in [7, 11) is 2.17. The van der Waals surface area contributed by atoms with Crippen molar-refractivity contribution in [3.8, 4) is 11.1 Å². The lowest BCUT2D eigenvalue weighted by Crippen LogP contribution is -2.44. The van der Waals surface area contributed by atoms with Gasteiger partial charge in [0.2, 0.25) is 5.91 Å². The van der Waals surface area contributed by atoms with E-state index < -0.39 is 5.92 Å². The van der Waals surface area contributed by atoms with Crippen LogP contribution in [-0.4, -0.2) is 68.9 Å². The van der Waals surface area contributed by atoms with Crippen molar-refractivity contribution >= 4 is 28.9 Å². The molecular formula is C37H45N7O2. The molecule has 0 bridgehead atoms. The Labute approximate surface area is 272 Å². The second-order valence-corrected chi connectivity index (χ2v) is 13.0.